The van der Waals surface area contributed by atoms with Gasteiger partial charge >= 0.3 is 0 Å². The molecule has 2 heterocycles. The number of hydrogen-bond donors (Lipinski definition) is 1. The summed E-state index contributed by atoms with van der Waals surface area (Å²) in [5.74, 6) is -0.0143. The molecule has 0 saturated heterocycles. The summed E-state index contributed by atoms with van der Waals surface area (Å²) in [7, 11) is 1.93. The number of likely N-dealkylation sites (N-methyl/N-ethyl adjacent to an activating group) is 1. The van der Waals surface area contributed by atoms with Crippen molar-refractivity contribution in [3.8, 4) is 0 Å². The number of imidazole rings is 1. The highest BCUT2D eigenvalue weighted by Crippen LogP contribution is 2.19. The first-order valence-electron chi connectivity index (χ1n) is 8.41. The van der Waals surface area contributed by atoms with E-state index in [1.165, 1.54) is 5.56 Å². The fourth-order valence-electron chi connectivity index (χ4n) is 3.00. The molecule has 0 saturated carbocycles. The number of hydrogen-bond acceptors (Lipinski definition) is 3. The van der Waals surface area contributed by atoms with Crippen LogP contribution < -0.4 is 5.32 Å². The van der Waals surface area contributed by atoms with Gasteiger partial charge in [-0.1, -0.05) is 24.3 Å². The molecule has 0 atom stereocenters. The number of amides is 1. The topological polar surface area (TPSA) is 49.6 Å². The van der Waals surface area contributed by atoms with Crippen LogP contribution >= 0.6 is 0 Å². The molecular weight excluding hydrogens is 312 g/mol. The molecule has 0 aliphatic rings. The van der Waals surface area contributed by atoms with E-state index in [1.54, 1.807) is 0 Å². The Labute approximate surface area is 148 Å². The summed E-state index contributed by atoms with van der Waals surface area (Å²) >= 11 is 0. The maximum absolute atomic E-state index is 12.4. The van der Waals surface area contributed by atoms with E-state index >= 15 is 0 Å². The van der Waals surface area contributed by atoms with Crippen LogP contribution in [-0.4, -0.2) is 33.8 Å². The van der Waals surface area contributed by atoms with Crippen molar-refractivity contribution in [3.63, 3.8) is 0 Å². The average Bonchev–Trinajstić information content (AvgIpc) is 2.92. The Hall–Kier alpha value is -2.66. The number of fused-ring (bicyclic) bond motifs is 1. The van der Waals surface area contributed by atoms with Crippen LogP contribution in [0.4, 0.5) is 5.69 Å². The molecule has 0 bridgehead atoms. The Kier molecular flexibility index (Phi) is 4.86. The van der Waals surface area contributed by atoms with Crippen molar-refractivity contribution in [2.24, 2.45) is 0 Å². The second-order valence-electron chi connectivity index (χ2n) is 6.69. The number of benzene rings is 1. The maximum Gasteiger partial charge on any atom is 0.238 e. The van der Waals surface area contributed by atoms with Crippen LogP contribution in [0.1, 0.15) is 22.4 Å². The fraction of sp³-hybridized carbons (Fsp3) is 0.300. The van der Waals surface area contributed by atoms with Crippen molar-refractivity contribution in [1.29, 1.82) is 0 Å². The van der Waals surface area contributed by atoms with E-state index in [1.807, 2.05) is 66.7 Å². The molecule has 5 heteroatoms. The third-order valence-electron chi connectivity index (χ3n) is 4.24. The number of carbonyl (C=O) groups excluding carboxylic acids is 1. The standard InChI is InChI=1S/C20H24N4O/c1-14-8-9-18-21-17(12-24(18)10-14)11-23(4)13-19(25)22-20-15(2)6-5-7-16(20)3/h5-10,12H,11,13H2,1-4H3,(H,22,25). The summed E-state index contributed by atoms with van der Waals surface area (Å²) in [5.41, 5.74) is 6.13. The van der Waals surface area contributed by atoms with Gasteiger partial charge in [-0.3, -0.25) is 9.69 Å². The van der Waals surface area contributed by atoms with E-state index < -0.39 is 0 Å². The van der Waals surface area contributed by atoms with Gasteiger partial charge in [0.2, 0.25) is 5.91 Å². The Morgan fingerprint density at radius 3 is 2.56 bits per heavy atom. The number of carbonyl (C=O) groups is 1. The Bertz CT molecular complexity index is 893. The second kappa shape index (κ2) is 7.07. The molecule has 1 aromatic carbocycles. The molecule has 2 aromatic heterocycles. The third-order valence-corrected chi connectivity index (χ3v) is 4.24. The number of para-hydroxylation sites is 1. The zero-order chi connectivity index (χ0) is 18.0. The molecule has 0 radical (unpaired) electrons. The normalized spacial score (nSPS) is 11.2. The Balaban J connectivity index is 1.63. The number of rotatable bonds is 5. The van der Waals surface area contributed by atoms with Crippen LogP contribution in [0.25, 0.3) is 5.65 Å². The largest absolute Gasteiger partial charge is 0.324 e. The summed E-state index contributed by atoms with van der Waals surface area (Å²) in [5, 5.41) is 3.02. The van der Waals surface area contributed by atoms with Gasteiger partial charge in [0.25, 0.3) is 0 Å². The zero-order valence-corrected chi connectivity index (χ0v) is 15.2. The smallest absolute Gasteiger partial charge is 0.238 e. The SMILES string of the molecule is Cc1ccc2nc(CN(C)CC(=O)Nc3c(C)cccc3C)cn2c1. The minimum absolute atomic E-state index is 0.0143. The lowest BCUT2D eigenvalue weighted by atomic mass is 10.1. The van der Waals surface area contributed by atoms with E-state index in [0.717, 1.165) is 28.2 Å². The van der Waals surface area contributed by atoms with E-state index in [9.17, 15) is 4.79 Å². The number of anilines is 1. The molecule has 0 aliphatic heterocycles. The third kappa shape index (κ3) is 4.06. The number of aromatic nitrogens is 2. The summed E-state index contributed by atoms with van der Waals surface area (Å²) in [6.45, 7) is 7.01. The summed E-state index contributed by atoms with van der Waals surface area (Å²) in [6.07, 6.45) is 4.07. The molecule has 1 N–H and O–H groups in total. The minimum atomic E-state index is -0.0143. The lowest BCUT2D eigenvalue weighted by Gasteiger charge is -2.16. The predicted molar refractivity (Wildman–Crippen MR) is 101 cm³/mol. The van der Waals surface area contributed by atoms with Gasteiger partial charge in [0.1, 0.15) is 5.65 Å². The molecule has 3 aromatic rings. The Morgan fingerprint density at radius 1 is 1.12 bits per heavy atom. The van der Waals surface area contributed by atoms with E-state index in [2.05, 4.69) is 23.4 Å². The highest BCUT2D eigenvalue weighted by atomic mass is 16.2. The van der Waals surface area contributed by atoms with Crippen molar-refractivity contribution in [2.75, 3.05) is 18.9 Å². The molecule has 0 unspecified atom stereocenters. The van der Waals surface area contributed by atoms with Crippen molar-refractivity contribution in [2.45, 2.75) is 27.3 Å². The Morgan fingerprint density at radius 2 is 1.84 bits per heavy atom. The zero-order valence-electron chi connectivity index (χ0n) is 15.2. The molecule has 5 nitrogen and oxygen atoms in total. The number of aryl methyl sites for hydroxylation is 3. The maximum atomic E-state index is 12.4. The van der Waals surface area contributed by atoms with Gasteiger partial charge in [0.15, 0.2) is 0 Å². The van der Waals surface area contributed by atoms with E-state index in [4.69, 9.17) is 0 Å². The fourth-order valence-corrected chi connectivity index (χ4v) is 3.00. The number of nitrogens with one attached hydrogen (secondary N) is 1. The van der Waals surface area contributed by atoms with Gasteiger partial charge in [0.05, 0.1) is 12.2 Å². The van der Waals surface area contributed by atoms with Crippen LogP contribution in [0.3, 0.4) is 0 Å². The van der Waals surface area contributed by atoms with Gasteiger partial charge in [0, 0.05) is 24.6 Å². The van der Waals surface area contributed by atoms with E-state index in [-0.39, 0.29) is 5.91 Å². The summed E-state index contributed by atoms with van der Waals surface area (Å²) < 4.78 is 2.02. The van der Waals surface area contributed by atoms with Gasteiger partial charge in [-0.25, -0.2) is 4.98 Å². The first-order valence-corrected chi connectivity index (χ1v) is 8.41. The molecule has 0 spiro atoms. The van der Waals surface area contributed by atoms with E-state index in [0.29, 0.717) is 13.1 Å². The molecule has 1 amide bonds. The molecule has 0 fully saturated rings. The molecule has 25 heavy (non-hydrogen) atoms. The van der Waals surface area contributed by atoms with Crippen molar-refractivity contribution in [3.05, 3.63) is 65.1 Å². The van der Waals surface area contributed by atoms with Gasteiger partial charge < -0.3 is 9.72 Å². The molecule has 3 rings (SSSR count). The van der Waals surface area contributed by atoms with Crippen LogP contribution in [0.2, 0.25) is 0 Å². The molecule has 0 aliphatic carbocycles. The van der Waals surface area contributed by atoms with Crippen LogP contribution in [0, 0.1) is 20.8 Å². The summed E-state index contributed by atoms with van der Waals surface area (Å²) in [4.78, 5) is 18.9. The first kappa shape index (κ1) is 17.2. The number of pyridine rings is 1. The van der Waals surface area contributed by atoms with Crippen LogP contribution in [0.15, 0.2) is 42.7 Å². The quantitative estimate of drug-likeness (QED) is 0.777. The second-order valence-corrected chi connectivity index (χ2v) is 6.69. The lowest BCUT2D eigenvalue weighted by Crippen LogP contribution is -2.30. The van der Waals surface area contributed by atoms with Gasteiger partial charge in [-0.15, -0.1) is 0 Å². The van der Waals surface area contributed by atoms with Gasteiger partial charge in [-0.2, -0.15) is 0 Å². The van der Waals surface area contributed by atoms with Crippen LogP contribution in [-0.2, 0) is 11.3 Å². The molecule has 130 valence electrons. The number of nitrogens with zero attached hydrogens (tertiary/aromatic N) is 3. The summed E-state index contributed by atoms with van der Waals surface area (Å²) in [6, 6.07) is 10.1. The first-order chi connectivity index (χ1) is 11.9. The highest BCUT2D eigenvalue weighted by molar-refractivity contribution is 5.93. The van der Waals surface area contributed by atoms with Crippen molar-refractivity contribution < 1.29 is 4.79 Å². The molecular formula is C20H24N4O. The average molecular weight is 336 g/mol. The van der Waals surface area contributed by atoms with Crippen LogP contribution in [0.5, 0.6) is 0 Å². The van der Waals surface area contributed by atoms with Crippen molar-refractivity contribution >= 4 is 17.2 Å². The van der Waals surface area contributed by atoms with Gasteiger partial charge in [-0.05, 0) is 50.6 Å². The minimum Gasteiger partial charge on any atom is -0.324 e. The predicted octanol–water partition coefficient (Wildman–Crippen LogP) is 3.33. The lowest BCUT2D eigenvalue weighted by molar-refractivity contribution is -0.117. The highest BCUT2D eigenvalue weighted by Gasteiger charge is 2.12. The van der Waals surface area contributed by atoms with Crippen molar-refractivity contribution in [1.82, 2.24) is 14.3 Å². The monoisotopic (exact) mass is 336 g/mol.